The number of rotatable bonds is 6. The Morgan fingerprint density at radius 2 is 1.95 bits per heavy atom. The second kappa shape index (κ2) is 6.58. The lowest BCUT2D eigenvalue weighted by atomic mass is 10.2. The Labute approximate surface area is 125 Å². The van der Waals surface area contributed by atoms with Crippen LogP contribution in [0.15, 0.2) is 16.5 Å². The summed E-state index contributed by atoms with van der Waals surface area (Å²) in [6.07, 6.45) is 1.80. The molecule has 0 fully saturated rings. The van der Waals surface area contributed by atoms with Gasteiger partial charge in [-0.05, 0) is 39.3 Å². The molecule has 2 aromatic rings. The highest BCUT2D eigenvalue weighted by molar-refractivity contribution is 5.57. The van der Waals surface area contributed by atoms with Gasteiger partial charge < -0.3 is 15.2 Å². The summed E-state index contributed by atoms with van der Waals surface area (Å²) in [6, 6.07) is 3.95. The second-order valence-electron chi connectivity index (χ2n) is 5.17. The Bertz CT molecular complexity index is 608. The lowest BCUT2D eigenvalue weighted by Gasteiger charge is -2.17. The number of hydrazine groups is 1. The van der Waals surface area contributed by atoms with Crippen molar-refractivity contribution in [3.05, 3.63) is 35.0 Å². The number of hydrogen-bond acceptors (Lipinski definition) is 6. The van der Waals surface area contributed by atoms with Crippen molar-refractivity contribution in [2.24, 2.45) is 5.84 Å². The topological polar surface area (TPSA) is 89.0 Å². The molecule has 2 rings (SSSR count). The Balaban J connectivity index is 2.27. The van der Waals surface area contributed by atoms with Gasteiger partial charge in [-0.25, -0.2) is 15.8 Å². The molecule has 6 heteroatoms. The molecule has 0 saturated carbocycles. The van der Waals surface area contributed by atoms with Crippen LogP contribution in [-0.4, -0.2) is 9.97 Å². The Kier molecular flexibility index (Phi) is 4.80. The van der Waals surface area contributed by atoms with Gasteiger partial charge >= 0.3 is 0 Å². The lowest BCUT2D eigenvalue weighted by molar-refractivity contribution is 0.466. The van der Waals surface area contributed by atoms with E-state index < -0.39 is 0 Å². The molecule has 1 unspecified atom stereocenters. The molecule has 114 valence electrons. The fourth-order valence-electron chi connectivity index (χ4n) is 2.14. The van der Waals surface area contributed by atoms with Gasteiger partial charge in [0, 0.05) is 12.0 Å². The van der Waals surface area contributed by atoms with Crippen molar-refractivity contribution in [2.45, 2.75) is 46.6 Å². The van der Waals surface area contributed by atoms with Crippen LogP contribution in [0.2, 0.25) is 0 Å². The summed E-state index contributed by atoms with van der Waals surface area (Å²) < 4.78 is 5.65. The molecule has 0 aliphatic heterocycles. The minimum Gasteiger partial charge on any atom is -0.464 e. The number of furan rings is 1. The highest BCUT2D eigenvalue weighted by Crippen LogP contribution is 2.25. The molecule has 0 radical (unpaired) electrons. The highest BCUT2D eigenvalue weighted by Gasteiger charge is 2.15. The number of anilines is 2. The summed E-state index contributed by atoms with van der Waals surface area (Å²) >= 11 is 0. The van der Waals surface area contributed by atoms with Crippen LogP contribution in [-0.2, 0) is 6.42 Å². The van der Waals surface area contributed by atoms with E-state index in [1.165, 1.54) is 0 Å². The monoisotopic (exact) mass is 289 g/mol. The molecule has 4 N–H and O–H groups in total. The molecule has 0 aliphatic carbocycles. The van der Waals surface area contributed by atoms with Gasteiger partial charge in [-0.1, -0.05) is 6.92 Å². The van der Waals surface area contributed by atoms with E-state index >= 15 is 0 Å². The van der Waals surface area contributed by atoms with Gasteiger partial charge in [-0.15, -0.1) is 0 Å². The van der Waals surface area contributed by atoms with Crippen molar-refractivity contribution in [3.8, 4) is 0 Å². The summed E-state index contributed by atoms with van der Waals surface area (Å²) in [5.41, 5.74) is 3.53. The number of aryl methyl sites for hydroxylation is 2. The molecule has 0 aliphatic rings. The molecule has 0 spiro atoms. The number of nitrogen functional groups attached to an aromatic ring is 1. The smallest absolute Gasteiger partial charge is 0.148 e. The Hall–Kier alpha value is -2.08. The van der Waals surface area contributed by atoms with E-state index in [1.54, 1.807) is 0 Å². The zero-order chi connectivity index (χ0) is 15.4. The number of nitrogens with one attached hydrogen (secondary N) is 2. The Morgan fingerprint density at radius 1 is 1.24 bits per heavy atom. The molecular weight excluding hydrogens is 266 g/mol. The van der Waals surface area contributed by atoms with Gasteiger partial charge in [0.25, 0.3) is 0 Å². The van der Waals surface area contributed by atoms with Gasteiger partial charge in [0.15, 0.2) is 0 Å². The summed E-state index contributed by atoms with van der Waals surface area (Å²) in [5.74, 6) is 9.53. The average Bonchev–Trinajstić information content (AvgIpc) is 2.89. The number of nitrogens with two attached hydrogens (primary N) is 1. The predicted molar refractivity (Wildman–Crippen MR) is 84.1 cm³/mol. The molecule has 6 nitrogen and oxygen atoms in total. The van der Waals surface area contributed by atoms with Crippen LogP contribution in [0.3, 0.4) is 0 Å². The number of hydrogen-bond donors (Lipinski definition) is 3. The average molecular weight is 289 g/mol. The van der Waals surface area contributed by atoms with E-state index in [-0.39, 0.29) is 6.04 Å². The van der Waals surface area contributed by atoms with Gasteiger partial charge in [-0.2, -0.15) is 0 Å². The molecule has 1 atom stereocenters. The third kappa shape index (κ3) is 3.52. The van der Waals surface area contributed by atoms with E-state index in [9.17, 15) is 0 Å². The largest absolute Gasteiger partial charge is 0.464 e. The minimum atomic E-state index is 0.0207. The maximum Gasteiger partial charge on any atom is 0.148 e. The zero-order valence-corrected chi connectivity index (χ0v) is 13.0. The van der Waals surface area contributed by atoms with Crippen LogP contribution in [0.5, 0.6) is 0 Å². The third-order valence-corrected chi connectivity index (χ3v) is 3.34. The zero-order valence-electron chi connectivity index (χ0n) is 13.0. The molecule has 2 heterocycles. The predicted octanol–water partition coefficient (Wildman–Crippen LogP) is 3.10. The molecule has 0 bridgehead atoms. The van der Waals surface area contributed by atoms with Crippen molar-refractivity contribution in [2.75, 3.05) is 10.7 Å². The molecule has 0 saturated heterocycles. The van der Waals surface area contributed by atoms with E-state index in [2.05, 4.69) is 27.6 Å². The maximum absolute atomic E-state index is 5.65. The fraction of sp³-hybridized carbons (Fsp3) is 0.467. The minimum absolute atomic E-state index is 0.0207. The molecule has 2 aromatic heterocycles. The van der Waals surface area contributed by atoms with Gasteiger partial charge in [0.2, 0.25) is 0 Å². The van der Waals surface area contributed by atoms with Crippen LogP contribution in [0.1, 0.15) is 49.2 Å². The van der Waals surface area contributed by atoms with Crippen molar-refractivity contribution < 1.29 is 4.42 Å². The van der Waals surface area contributed by atoms with Crippen molar-refractivity contribution >= 4 is 11.6 Å². The summed E-state index contributed by atoms with van der Waals surface area (Å²) in [7, 11) is 0. The van der Waals surface area contributed by atoms with Crippen molar-refractivity contribution in [3.63, 3.8) is 0 Å². The second-order valence-corrected chi connectivity index (χ2v) is 5.17. The van der Waals surface area contributed by atoms with Crippen LogP contribution < -0.4 is 16.6 Å². The van der Waals surface area contributed by atoms with Crippen LogP contribution in [0.25, 0.3) is 0 Å². The van der Waals surface area contributed by atoms with Crippen molar-refractivity contribution in [1.29, 1.82) is 0 Å². The van der Waals surface area contributed by atoms with Crippen LogP contribution in [0, 0.1) is 13.8 Å². The molecule has 21 heavy (non-hydrogen) atoms. The van der Waals surface area contributed by atoms with Crippen LogP contribution in [0.4, 0.5) is 11.6 Å². The normalized spacial score (nSPS) is 12.2. The first-order valence-electron chi connectivity index (χ1n) is 7.22. The quantitative estimate of drug-likeness (QED) is 0.559. The first-order valence-corrected chi connectivity index (χ1v) is 7.22. The summed E-state index contributed by atoms with van der Waals surface area (Å²) in [4.78, 5) is 9.00. The van der Waals surface area contributed by atoms with E-state index in [1.807, 2.05) is 32.9 Å². The number of aromatic nitrogens is 2. The first-order chi connectivity index (χ1) is 10.0. The summed E-state index contributed by atoms with van der Waals surface area (Å²) in [5, 5.41) is 3.37. The van der Waals surface area contributed by atoms with E-state index in [0.29, 0.717) is 5.82 Å². The van der Waals surface area contributed by atoms with Crippen LogP contribution >= 0.6 is 0 Å². The fourth-order valence-corrected chi connectivity index (χ4v) is 2.14. The number of nitrogens with zero attached hydrogens (tertiary/aromatic N) is 2. The lowest BCUT2D eigenvalue weighted by Crippen LogP contribution is -2.16. The first kappa shape index (κ1) is 15.3. The summed E-state index contributed by atoms with van der Waals surface area (Å²) in [6.45, 7) is 8.00. The SMILES string of the molecule is CCCc1nc(NN)c(C)c(NC(C)c2ccc(C)o2)n1. The molecular formula is C15H23N5O. The highest BCUT2D eigenvalue weighted by atomic mass is 16.3. The van der Waals surface area contributed by atoms with Gasteiger partial charge in [0.05, 0.1) is 6.04 Å². The van der Waals surface area contributed by atoms with Gasteiger partial charge in [0.1, 0.15) is 29.0 Å². The molecule has 0 amide bonds. The third-order valence-electron chi connectivity index (χ3n) is 3.34. The van der Waals surface area contributed by atoms with E-state index in [4.69, 9.17) is 10.3 Å². The van der Waals surface area contributed by atoms with Gasteiger partial charge in [-0.3, -0.25) is 0 Å². The van der Waals surface area contributed by atoms with Crippen molar-refractivity contribution in [1.82, 2.24) is 9.97 Å². The standard InChI is InChI=1S/C15H23N5O/c1-5-6-13-18-14(10(3)15(19-13)20-16)17-11(4)12-8-7-9(2)21-12/h7-8,11H,5-6,16H2,1-4H3,(H2,17,18,19,20). The molecule has 0 aromatic carbocycles. The van der Waals surface area contributed by atoms with E-state index in [0.717, 1.165) is 41.6 Å². The maximum atomic E-state index is 5.65. The Morgan fingerprint density at radius 3 is 2.52 bits per heavy atom.